The third-order valence-electron chi connectivity index (χ3n) is 3.02. The van der Waals surface area contributed by atoms with Crippen molar-refractivity contribution in [3.63, 3.8) is 0 Å². The molecule has 0 unspecified atom stereocenters. The first-order chi connectivity index (χ1) is 9.39. The van der Waals surface area contributed by atoms with Gasteiger partial charge in [-0.25, -0.2) is 4.98 Å². The van der Waals surface area contributed by atoms with E-state index in [2.05, 4.69) is 31.2 Å². The Balaban J connectivity index is 2.00. The zero-order valence-electron chi connectivity index (χ0n) is 10.9. The number of anilines is 2. The highest BCUT2D eigenvalue weighted by Gasteiger charge is 2.32. The quantitative estimate of drug-likeness (QED) is 0.899. The molecule has 1 aliphatic rings. The van der Waals surface area contributed by atoms with Crippen molar-refractivity contribution in [2.75, 3.05) is 50.0 Å². The Kier molecular flexibility index (Phi) is 4.69. The maximum Gasteiger partial charge on any atom is 0.401 e. The van der Waals surface area contributed by atoms with Crippen molar-refractivity contribution in [3.05, 3.63) is 10.7 Å². The lowest BCUT2D eigenvalue weighted by Gasteiger charge is -2.36. The molecule has 1 aromatic rings. The molecule has 2 rings (SSSR count). The van der Waals surface area contributed by atoms with E-state index < -0.39 is 12.7 Å². The number of nitrogens with one attached hydrogen (secondary N) is 1. The second-order valence-electron chi connectivity index (χ2n) is 4.49. The van der Waals surface area contributed by atoms with Gasteiger partial charge < -0.3 is 10.2 Å². The van der Waals surface area contributed by atoms with Crippen LogP contribution in [0.2, 0.25) is 0 Å². The van der Waals surface area contributed by atoms with Gasteiger partial charge in [0.15, 0.2) is 0 Å². The van der Waals surface area contributed by atoms with Crippen molar-refractivity contribution in [3.8, 4) is 0 Å². The van der Waals surface area contributed by atoms with Gasteiger partial charge in [-0.05, 0) is 15.9 Å². The number of hydrogen-bond acceptors (Lipinski definition) is 5. The lowest BCUT2D eigenvalue weighted by atomic mass is 10.3. The monoisotopic (exact) mass is 353 g/mol. The van der Waals surface area contributed by atoms with Gasteiger partial charge in [-0.2, -0.15) is 18.2 Å². The van der Waals surface area contributed by atoms with Crippen LogP contribution in [0.1, 0.15) is 0 Å². The molecule has 0 saturated carbocycles. The number of nitrogens with zero attached hydrogens (tertiary/aromatic N) is 4. The van der Waals surface area contributed by atoms with E-state index in [4.69, 9.17) is 0 Å². The van der Waals surface area contributed by atoms with Gasteiger partial charge >= 0.3 is 6.18 Å². The molecule has 5 nitrogen and oxygen atoms in total. The zero-order valence-corrected chi connectivity index (χ0v) is 12.5. The molecular formula is C11H15BrF3N5. The van der Waals surface area contributed by atoms with Crippen molar-refractivity contribution in [1.82, 2.24) is 14.9 Å². The highest BCUT2D eigenvalue weighted by atomic mass is 79.9. The van der Waals surface area contributed by atoms with E-state index in [1.807, 2.05) is 4.90 Å². The van der Waals surface area contributed by atoms with Crippen LogP contribution in [0.5, 0.6) is 0 Å². The van der Waals surface area contributed by atoms with Crippen molar-refractivity contribution in [2.24, 2.45) is 0 Å². The fraction of sp³-hybridized carbons (Fsp3) is 0.636. The molecule has 0 atom stereocenters. The number of piperazine rings is 1. The first-order valence-corrected chi connectivity index (χ1v) is 6.92. The minimum Gasteiger partial charge on any atom is -0.357 e. The van der Waals surface area contributed by atoms with Crippen LogP contribution in [-0.2, 0) is 0 Å². The van der Waals surface area contributed by atoms with E-state index in [1.54, 1.807) is 13.2 Å². The zero-order chi connectivity index (χ0) is 14.8. The number of halogens is 4. The molecule has 1 fully saturated rings. The molecule has 0 aliphatic carbocycles. The Hall–Kier alpha value is -1.09. The average Bonchev–Trinajstić information content (AvgIpc) is 2.39. The van der Waals surface area contributed by atoms with E-state index in [0.717, 1.165) is 4.47 Å². The minimum absolute atomic E-state index is 0.366. The van der Waals surface area contributed by atoms with Gasteiger partial charge in [0, 0.05) is 39.4 Å². The molecule has 9 heteroatoms. The first-order valence-electron chi connectivity index (χ1n) is 6.13. The summed E-state index contributed by atoms with van der Waals surface area (Å²) in [5.74, 6) is 1.19. The van der Waals surface area contributed by atoms with Gasteiger partial charge in [-0.15, -0.1) is 0 Å². The summed E-state index contributed by atoms with van der Waals surface area (Å²) in [5, 5.41) is 2.84. The Labute approximate surface area is 123 Å². The molecule has 0 spiro atoms. The van der Waals surface area contributed by atoms with E-state index in [0.29, 0.717) is 37.9 Å². The van der Waals surface area contributed by atoms with E-state index in [-0.39, 0.29) is 0 Å². The van der Waals surface area contributed by atoms with Crippen LogP contribution in [0.15, 0.2) is 10.7 Å². The Bertz CT molecular complexity index is 460. The lowest BCUT2D eigenvalue weighted by molar-refractivity contribution is -0.146. The van der Waals surface area contributed by atoms with Gasteiger partial charge in [0.2, 0.25) is 5.95 Å². The molecule has 20 heavy (non-hydrogen) atoms. The Morgan fingerprint density at radius 2 is 1.95 bits per heavy atom. The lowest BCUT2D eigenvalue weighted by Crippen LogP contribution is -2.49. The molecular weight excluding hydrogens is 339 g/mol. The molecule has 0 amide bonds. The molecule has 1 aromatic heterocycles. The van der Waals surface area contributed by atoms with E-state index in [9.17, 15) is 13.2 Å². The predicted molar refractivity (Wildman–Crippen MR) is 74.0 cm³/mol. The van der Waals surface area contributed by atoms with Gasteiger partial charge in [0.1, 0.15) is 5.82 Å². The Morgan fingerprint density at radius 1 is 1.30 bits per heavy atom. The van der Waals surface area contributed by atoms with Crippen LogP contribution in [0, 0.1) is 0 Å². The molecule has 0 radical (unpaired) electrons. The summed E-state index contributed by atoms with van der Waals surface area (Å²) in [6.07, 6.45) is -2.51. The van der Waals surface area contributed by atoms with Crippen LogP contribution < -0.4 is 10.2 Å². The van der Waals surface area contributed by atoms with Crippen molar-refractivity contribution in [2.45, 2.75) is 6.18 Å². The van der Waals surface area contributed by atoms with Gasteiger partial charge in [0.05, 0.1) is 11.0 Å². The summed E-state index contributed by atoms with van der Waals surface area (Å²) in [7, 11) is 1.72. The largest absolute Gasteiger partial charge is 0.401 e. The minimum atomic E-state index is -4.14. The third-order valence-corrected chi connectivity index (χ3v) is 3.58. The molecule has 2 heterocycles. The average molecular weight is 354 g/mol. The summed E-state index contributed by atoms with van der Waals surface area (Å²) in [6.45, 7) is 0.896. The SMILES string of the molecule is CNc1ncc(Br)c(N2CCN(CC(F)(F)F)CC2)n1. The standard InChI is InChI=1S/C11H15BrF3N5/c1-16-10-17-6-8(12)9(18-10)20-4-2-19(3-5-20)7-11(13,14)15/h6H,2-5,7H2,1H3,(H,16,17,18). The van der Waals surface area contributed by atoms with Gasteiger partial charge in [0.25, 0.3) is 0 Å². The van der Waals surface area contributed by atoms with Gasteiger partial charge in [-0.3, -0.25) is 4.90 Å². The van der Waals surface area contributed by atoms with Crippen molar-refractivity contribution < 1.29 is 13.2 Å². The second-order valence-corrected chi connectivity index (χ2v) is 5.35. The van der Waals surface area contributed by atoms with Crippen LogP contribution >= 0.6 is 15.9 Å². The molecule has 1 N–H and O–H groups in total. The van der Waals surface area contributed by atoms with Crippen LogP contribution in [-0.4, -0.2) is 60.8 Å². The molecule has 1 aliphatic heterocycles. The fourth-order valence-corrected chi connectivity index (χ4v) is 2.51. The maximum absolute atomic E-state index is 12.3. The molecule has 112 valence electrons. The predicted octanol–water partition coefficient (Wildman–Crippen LogP) is 1.97. The highest BCUT2D eigenvalue weighted by Crippen LogP contribution is 2.26. The number of rotatable bonds is 3. The summed E-state index contributed by atoms with van der Waals surface area (Å²) < 4.78 is 37.7. The number of hydrogen-bond donors (Lipinski definition) is 1. The first kappa shape index (κ1) is 15.3. The summed E-state index contributed by atoms with van der Waals surface area (Å²) in [4.78, 5) is 11.8. The highest BCUT2D eigenvalue weighted by molar-refractivity contribution is 9.10. The molecule has 0 bridgehead atoms. The van der Waals surface area contributed by atoms with Crippen molar-refractivity contribution >= 4 is 27.7 Å². The second kappa shape index (κ2) is 6.13. The Morgan fingerprint density at radius 3 is 2.50 bits per heavy atom. The smallest absolute Gasteiger partial charge is 0.357 e. The number of aromatic nitrogens is 2. The molecule has 1 saturated heterocycles. The van der Waals surface area contributed by atoms with Crippen LogP contribution in [0.4, 0.5) is 24.9 Å². The fourth-order valence-electron chi connectivity index (χ4n) is 2.07. The summed E-state index contributed by atoms with van der Waals surface area (Å²) in [5.41, 5.74) is 0. The van der Waals surface area contributed by atoms with Crippen molar-refractivity contribution in [1.29, 1.82) is 0 Å². The van der Waals surface area contributed by atoms with Crippen LogP contribution in [0.3, 0.4) is 0 Å². The van der Waals surface area contributed by atoms with E-state index in [1.165, 1.54) is 4.90 Å². The van der Waals surface area contributed by atoms with Crippen LogP contribution in [0.25, 0.3) is 0 Å². The van der Waals surface area contributed by atoms with E-state index >= 15 is 0 Å². The van der Waals surface area contributed by atoms with Gasteiger partial charge in [-0.1, -0.05) is 0 Å². The summed E-state index contributed by atoms with van der Waals surface area (Å²) in [6, 6.07) is 0. The molecule has 0 aromatic carbocycles. The third kappa shape index (κ3) is 3.95. The summed E-state index contributed by atoms with van der Waals surface area (Å²) >= 11 is 3.37. The number of alkyl halides is 3. The maximum atomic E-state index is 12.3. The topological polar surface area (TPSA) is 44.3 Å². The normalized spacial score (nSPS) is 17.4.